The molecule has 4 bridgehead atoms. The highest BCUT2D eigenvalue weighted by atomic mass is 32.2. The van der Waals surface area contributed by atoms with E-state index in [2.05, 4.69) is 0 Å². The Morgan fingerprint density at radius 3 is 2.19 bits per heavy atom. The molecule has 7 nitrogen and oxygen atoms in total. The zero-order chi connectivity index (χ0) is 22.2. The molecule has 0 aliphatic heterocycles. The Bertz CT molecular complexity index is 893. The van der Waals surface area contributed by atoms with Crippen LogP contribution >= 0.6 is 0 Å². The predicted molar refractivity (Wildman–Crippen MR) is 116 cm³/mol. The number of nitrogens with zero attached hydrogens (tertiary/aromatic N) is 1. The predicted octanol–water partition coefficient (Wildman–Crippen LogP) is 3.23. The average Bonchev–Trinajstić information content (AvgIpc) is 2.68. The smallest absolute Gasteiger partial charge is 0.306 e. The first kappa shape index (κ1) is 22.4. The van der Waals surface area contributed by atoms with E-state index in [1.54, 1.807) is 19.2 Å². The largest absolute Gasteiger partial charge is 0.493 e. The van der Waals surface area contributed by atoms with Crippen LogP contribution in [0, 0.1) is 23.2 Å². The van der Waals surface area contributed by atoms with Crippen LogP contribution < -0.4 is 8.92 Å². The molecule has 0 spiro atoms. The molecule has 0 unspecified atom stereocenters. The van der Waals surface area contributed by atoms with Crippen LogP contribution in [0.3, 0.4) is 0 Å². The number of hydrogen-bond donors (Lipinski definition) is 0. The van der Waals surface area contributed by atoms with Gasteiger partial charge in [-0.15, -0.1) is 0 Å². The minimum atomic E-state index is -3.70. The molecule has 0 N–H and O–H groups in total. The number of carbonyl (C=O) groups is 1. The van der Waals surface area contributed by atoms with Gasteiger partial charge in [-0.25, -0.2) is 0 Å². The molecule has 0 aromatic heterocycles. The first-order chi connectivity index (χ1) is 14.7. The molecule has 1 amide bonds. The van der Waals surface area contributed by atoms with E-state index >= 15 is 0 Å². The standard InChI is InChI=1S/C23H33NO6S/c1-28-7-6-24(15-16-4-5-20(29-2)21(11-16)30-31(3,26)27)22(25)23-12-17-8-18(13-23)10-19(9-17)14-23/h4-5,11,17-19H,6-10,12-15H2,1-3H3. The first-order valence-corrected chi connectivity index (χ1v) is 12.9. The van der Waals surface area contributed by atoms with E-state index in [1.807, 2.05) is 11.0 Å². The SMILES string of the molecule is COCCN(Cc1ccc(OC)c(OS(C)(=O)=O)c1)C(=O)C12CC3CC(CC(C3)C1)C2. The van der Waals surface area contributed by atoms with Gasteiger partial charge < -0.3 is 18.6 Å². The lowest BCUT2D eigenvalue weighted by Gasteiger charge is -2.56. The summed E-state index contributed by atoms with van der Waals surface area (Å²) in [5.74, 6) is 2.77. The molecule has 172 valence electrons. The topological polar surface area (TPSA) is 82.1 Å². The molecule has 0 atom stereocenters. The highest BCUT2D eigenvalue weighted by Gasteiger charge is 2.55. The third-order valence-electron chi connectivity index (χ3n) is 7.19. The van der Waals surface area contributed by atoms with Gasteiger partial charge in [0.05, 0.1) is 25.4 Å². The molecule has 1 aromatic rings. The van der Waals surface area contributed by atoms with Gasteiger partial charge in [0.1, 0.15) is 0 Å². The first-order valence-electron chi connectivity index (χ1n) is 11.1. The average molecular weight is 452 g/mol. The number of hydrogen-bond acceptors (Lipinski definition) is 6. The Balaban J connectivity index is 1.57. The number of ether oxygens (including phenoxy) is 2. The van der Waals surface area contributed by atoms with Crippen LogP contribution in [0.4, 0.5) is 0 Å². The molecule has 4 aliphatic carbocycles. The van der Waals surface area contributed by atoms with Crippen LogP contribution in [-0.2, 0) is 26.2 Å². The number of amides is 1. The highest BCUT2D eigenvalue weighted by molar-refractivity contribution is 7.86. The van der Waals surface area contributed by atoms with Crippen molar-refractivity contribution in [3.8, 4) is 11.5 Å². The maximum atomic E-state index is 13.9. The molecule has 4 fully saturated rings. The minimum absolute atomic E-state index is 0.136. The fraction of sp³-hybridized carbons (Fsp3) is 0.696. The lowest BCUT2D eigenvalue weighted by molar-refractivity contribution is -0.159. The maximum absolute atomic E-state index is 13.9. The summed E-state index contributed by atoms with van der Waals surface area (Å²) in [4.78, 5) is 15.8. The highest BCUT2D eigenvalue weighted by Crippen LogP contribution is 2.60. The summed E-state index contributed by atoms with van der Waals surface area (Å²) >= 11 is 0. The Morgan fingerprint density at radius 1 is 1.06 bits per heavy atom. The Morgan fingerprint density at radius 2 is 1.68 bits per heavy atom. The monoisotopic (exact) mass is 451 g/mol. The molecular formula is C23H33NO6S. The normalized spacial score (nSPS) is 29.1. The van der Waals surface area contributed by atoms with Gasteiger partial charge in [0.2, 0.25) is 5.91 Å². The second-order valence-corrected chi connectivity index (χ2v) is 11.3. The summed E-state index contributed by atoms with van der Waals surface area (Å²) in [5, 5.41) is 0. The minimum Gasteiger partial charge on any atom is -0.493 e. The van der Waals surface area contributed by atoms with E-state index in [1.165, 1.54) is 26.4 Å². The van der Waals surface area contributed by atoms with E-state index in [0.29, 0.717) is 43.2 Å². The van der Waals surface area contributed by atoms with Crippen LogP contribution in [0.25, 0.3) is 0 Å². The van der Waals surface area contributed by atoms with Gasteiger partial charge in [-0.2, -0.15) is 8.42 Å². The second kappa shape index (κ2) is 8.62. The molecule has 0 saturated heterocycles. The number of benzene rings is 1. The molecule has 5 rings (SSSR count). The fourth-order valence-corrected chi connectivity index (χ4v) is 6.89. The van der Waals surface area contributed by atoms with Crippen molar-refractivity contribution in [1.29, 1.82) is 0 Å². The Kier molecular flexibility index (Phi) is 6.23. The quantitative estimate of drug-likeness (QED) is 0.536. The van der Waals surface area contributed by atoms with Gasteiger partial charge in [0, 0.05) is 20.2 Å². The van der Waals surface area contributed by atoms with Gasteiger partial charge in [-0.3, -0.25) is 4.79 Å². The molecule has 0 radical (unpaired) electrons. The summed E-state index contributed by atoms with van der Waals surface area (Å²) in [6.07, 6.45) is 7.88. The van der Waals surface area contributed by atoms with Gasteiger partial charge in [-0.1, -0.05) is 6.07 Å². The van der Waals surface area contributed by atoms with Gasteiger partial charge >= 0.3 is 10.1 Å². The van der Waals surface area contributed by atoms with E-state index in [0.717, 1.165) is 31.1 Å². The lowest BCUT2D eigenvalue weighted by atomic mass is 9.49. The van der Waals surface area contributed by atoms with Crippen molar-refractivity contribution in [2.45, 2.75) is 45.1 Å². The molecule has 4 saturated carbocycles. The van der Waals surface area contributed by atoms with Crippen molar-refractivity contribution in [2.75, 3.05) is 33.6 Å². The van der Waals surface area contributed by atoms with E-state index in [9.17, 15) is 13.2 Å². The lowest BCUT2D eigenvalue weighted by Crippen LogP contribution is -2.54. The van der Waals surface area contributed by atoms with Crippen molar-refractivity contribution in [3.05, 3.63) is 23.8 Å². The Hall–Kier alpha value is -1.80. The van der Waals surface area contributed by atoms with Gasteiger partial charge in [0.25, 0.3) is 0 Å². The van der Waals surface area contributed by atoms with Crippen LogP contribution in [0.5, 0.6) is 11.5 Å². The van der Waals surface area contributed by atoms with Crippen molar-refractivity contribution in [2.24, 2.45) is 23.2 Å². The van der Waals surface area contributed by atoms with Crippen LogP contribution in [0.1, 0.15) is 44.1 Å². The van der Waals surface area contributed by atoms with E-state index < -0.39 is 10.1 Å². The number of rotatable bonds is 9. The van der Waals surface area contributed by atoms with E-state index in [4.69, 9.17) is 13.7 Å². The summed E-state index contributed by atoms with van der Waals surface area (Å²) in [6, 6.07) is 5.17. The fourth-order valence-electron chi connectivity index (χ4n) is 6.43. The van der Waals surface area contributed by atoms with Gasteiger partial charge in [0.15, 0.2) is 11.5 Å². The van der Waals surface area contributed by atoms with Crippen LogP contribution in [0.2, 0.25) is 0 Å². The van der Waals surface area contributed by atoms with Crippen molar-refractivity contribution < 1.29 is 26.9 Å². The van der Waals surface area contributed by atoms with E-state index in [-0.39, 0.29) is 17.1 Å². The van der Waals surface area contributed by atoms with Crippen molar-refractivity contribution in [3.63, 3.8) is 0 Å². The molecule has 4 aliphatic rings. The summed E-state index contributed by atoms with van der Waals surface area (Å²) in [6.45, 7) is 1.35. The Labute approximate surface area is 185 Å². The van der Waals surface area contributed by atoms with Crippen LogP contribution in [0.15, 0.2) is 18.2 Å². The zero-order valence-electron chi connectivity index (χ0n) is 18.6. The number of methoxy groups -OCH3 is 2. The molecular weight excluding hydrogens is 418 g/mol. The second-order valence-electron chi connectivity index (χ2n) is 9.69. The van der Waals surface area contributed by atoms with Crippen LogP contribution in [-0.4, -0.2) is 52.9 Å². The zero-order valence-corrected chi connectivity index (χ0v) is 19.4. The number of carbonyl (C=O) groups excluding carboxylic acids is 1. The van der Waals surface area contributed by atoms with Crippen molar-refractivity contribution >= 4 is 16.0 Å². The van der Waals surface area contributed by atoms with Gasteiger partial charge in [-0.05, 0) is 74.0 Å². The molecule has 1 aromatic carbocycles. The van der Waals surface area contributed by atoms with Crippen molar-refractivity contribution in [1.82, 2.24) is 4.90 Å². The molecule has 0 heterocycles. The summed E-state index contributed by atoms with van der Waals surface area (Å²) in [7, 11) is -0.595. The maximum Gasteiger partial charge on any atom is 0.306 e. The summed E-state index contributed by atoms with van der Waals surface area (Å²) in [5.41, 5.74) is 0.565. The molecule has 31 heavy (non-hydrogen) atoms. The third kappa shape index (κ3) is 4.85. The third-order valence-corrected chi connectivity index (χ3v) is 7.67. The summed E-state index contributed by atoms with van der Waals surface area (Å²) < 4.78 is 38.9. The molecule has 8 heteroatoms.